The van der Waals surface area contributed by atoms with Crippen LogP contribution < -0.4 is 0 Å². The lowest BCUT2D eigenvalue weighted by atomic mass is 9.57. The molecule has 104 valence electrons. The van der Waals surface area contributed by atoms with Crippen LogP contribution in [0, 0.1) is 5.41 Å². The van der Waals surface area contributed by atoms with E-state index in [4.69, 9.17) is 9.47 Å². The van der Waals surface area contributed by atoms with Crippen LogP contribution in [0.5, 0.6) is 0 Å². The molecule has 3 heteroatoms. The van der Waals surface area contributed by atoms with E-state index in [1.165, 1.54) is 19.3 Å². The van der Waals surface area contributed by atoms with Crippen molar-refractivity contribution in [3.05, 3.63) is 0 Å². The van der Waals surface area contributed by atoms with Gasteiger partial charge in [0.05, 0.1) is 17.1 Å². The molecule has 3 nitrogen and oxygen atoms in total. The number of methoxy groups -OCH3 is 1. The van der Waals surface area contributed by atoms with Crippen molar-refractivity contribution in [2.45, 2.75) is 70.5 Å². The van der Waals surface area contributed by atoms with Crippen LogP contribution in [0.3, 0.4) is 0 Å². The zero-order chi connectivity index (χ0) is 13.2. The molecule has 0 radical (unpaired) electrons. The summed E-state index contributed by atoms with van der Waals surface area (Å²) >= 11 is 0. The minimum atomic E-state index is -0.131. The van der Waals surface area contributed by atoms with Gasteiger partial charge < -0.3 is 9.47 Å². The van der Waals surface area contributed by atoms with Crippen LogP contribution in [0.2, 0.25) is 0 Å². The highest BCUT2D eigenvalue weighted by Gasteiger charge is 2.55. The predicted octanol–water partition coefficient (Wildman–Crippen LogP) is 3.11. The molecule has 1 unspecified atom stereocenters. The van der Waals surface area contributed by atoms with Gasteiger partial charge in [0.25, 0.3) is 0 Å². The first-order chi connectivity index (χ1) is 8.50. The summed E-state index contributed by atoms with van der Waals surface area (Å²) in [6.07, 6.45) is 7.44. The Hall–Kier alpha value is -0.410. The van der Waals surface area contributed by atoms with Crippen molar-refractivity contribution < 1.29 is 14.3 Å². The molecule has 2 fully saturated rings. The van der Waals surface area contributed by atoms with Gasteiger partial charge in [0, 0.05) is 20.1 Å². The summed E-state index contributed by atoms with van der Waals surface area (Å²) in [5, 5.41) is 0. The molecule has 2 aliphatic carbocycles. The fourth-order valence-electron chi connectivity index (χ4n) is 3.17. The van der Waals surface area contributed by atoms with E-state index in [1.54, 1.807) is 7.11 Å². The molecule has 0 aromatic carbocycles. The van der Waals surface area contributed by atoms with Gasteiger partial charge in [-0.3, -0.25) is 4.79 Å². The lowest BCUT2D eigenvalue weighted by Gasteiger charge is -2.49. The maximum absolute atomic E-state index is 11.9. The number of ketones is 1. The number of ether oxygens (including phenoxy) is 2. The molecule has 18 heavy (non-hydrogen) atoms. The first kappa shape index (κ1) is 14.0. The third kappa shape index (κ3) is 2.62. The van der Waals surface area contributed by atoms with Gasteiger partial charge >= 0.3 is 0 Å². The Bertz CT molecular complexity index is 303. The lowest BCUT2D eigenvalue weighted by Crippen LogP contribution is -2.56. The fraction of sp³-hybridized carbons (Fsp3) is 0.933. The second kappa shape index (κ2) is 5.30. The van der Waals surface area contributed by atoms with Crippen molar-refractivity contribution in [3.63, 3.8) is 0 Å². The lowest BCUT2D eigenvalue weighted by molar-refractivity contribution is -0.171. The van der Waals surface area contributed by atoms with Crippen molar-refractivity contribution in [2.75, 3.05) is 13.7 Å². The van der Waals surface area contributed by atoms with Gasteiger partial charge in [-0.1, -0.05) is 19.3 Å². The molecule has 0 bridgehead atoms. The molecular weight excluding hydrogens is 228 g/mol. The van der Waals surface area contributed by atoms with Crippen molar-refractivity contribution in [3.8, 4) is 0 Å². The van der Waals surface area contributed by atoms with Crippen molar-refractivity contribution in [1.29, 1.82) is 0 Å². The normalized spacial score (nSPS) is 27.3. The average Bonchev–Trinajstić information content (AvgIpc) is 2.39. The van der Waals surface area contributed by atoms with Crippen LogP contribution in [0.15, 0.2) is 0 Å². The van der Waals surface area contributed by atoms with E-state index in [0.29, 0.717) is 18.8 Å². The monoisotopic (exact) mass is 254 g/mol. The Balaban J connectivity index is 1.81. The average molecular weight is 254 g/mol. The van der Waals surface area contributed by atoms with E-state index in [9.17, 15) is 4.79 Å². The molecule has 1 atom stereocenters. The van der Waals surface area contributed by atoms with E-state index in [-0.39, 0.29) is 17.1 Å². The molecule has 2 saturated carbocycles. The van der Waals surface area contributed by atoms with E-state index >= 15 is 0 Å². The van der Waals surface area contributed by atoms with Gasteiger partial charge in [-0.2, -0.15) is 0 Å². The Morgan fingerprint density at radius 2 is 1.94 bits per heavy atom. The van der Waals surface area contributed by atoms with Gasteiger partial charge in [0.2, 0.25) is 0 Å². The van der Waals surface area contributed by atoms with Crippen LogP contribution in [0.25, 0.3) is 0 Å². The quantitative estimate of drug-likeness (QED) is 0.756. The van der Waals surface area contributed by atoms with Gasteiger partial charge in [-0.15, -0.1) is 0 Å². The van der Waals surface area contributed by atoms with E-state index in [2.05, 4.69) is 13.8 Å². The smallest absolute Gasteiger partial charge is 0.144 e. The first-order valence-electron chi connectivity index (χ1n) is 7.20. The molecular formula is C15H26O3. The maximum atomic E-state index is 11.9. The summed E-state index contributed by atoms with van der Waals surface area (Å²) in [4.78, 5) is 11.9. The number of hydrogen-bond acceptors (Lipinski definition) is 3. The summed E-state index contributed by atoms with van der Waals surface area (Å²) in [6, 6.07) is 0. The SMILES string of the molecule is COC(C)(C)CCOC1CC(=O)C12CCCCC2. The zero-order valence-corrected chi connectivity index (χ0v) is 12.0. The highest BCUT2D eigenvalue weighted by Crippen LogP contribution is 2.50. The standard InChI is InChI=1S/C15H26O3/c1-14(2,17-3)9-10-18-13-11-12(16)15(13)7-5-4-6-8-15/h13H,4-11H2,1-3H3. The third-order valence-electron chi connectivity index (χ3n) is 4.86. The third-order valence-corrected chi connectivity index (χ3v) is 4.86. The fourth-order valence-corrected chi connectivity index (χ4v) is 3.17. The summed E-state index contributed by atoms with van der Waals surface area (Å²) in [5.74, 6) is 0.443. The Labute approximate surface area is 110 Å². The number of carbonyl (C=O) groups excluding carboxylic acids is 1. The largest absolute Gasteiger partial charge is 0.379 e. The minimum absolute atomic E-state index is 0.102. The van der Waals surface area contributed by atoms with Crippen LogP contribution in [0.4, 0.5) is 0 Å². The maximum Gasteiger partial charge on any atom is 0.144 e. The second-order valence-electron chi connectivity index (χ2n) is 6.42. The number of carbonyl (C=O) groups is 1. The molecule has 1 spiro atoms. The molecule has 2 rings (SSSR count). The topological polar surface area (TPSA) is 35.5 Å². The highest BCUT2D eigenvalue weighted by atomic mass is 16.5. The summed E-state index contributed by atoms with van der Waals surface area (Å²) in [7, 11) is 1.73. The molecule has 0 amide bonds. The van der Waals surface area contributed by atoms with Gasteiger partial charge in [0.1, 0.15) is 5.78 Å². The van der Waals surface area contributed by atoms with Crippen LogP contribution in [-0.2, 0) is 14.3 Å². The van der Waals surface area contributed by atoms with E-state index in [0.717, 1.165) is 19.3 Å². The minimum Gasteiger partial charge on any atom is -0.379 e. The van der Waals surface area contributed by atoms with Gasteiger partial charge in [-0.25, -0.2) is 0 Å². The van der Waals surface area contributed by atoms with Crippen molar-refractivity contribution in [2.24, 2.45) is 5.41 Å². The highest BCUT2D eigenvalue weighted by molar-refractivity contribution is 5.92. The number of rotatable bonds is 5. The van der Waals surface area contributed by atoms with Gasteiger partial charge in [0.15, 0.2) is 0 Å². The van der Waals surface area contributed by atoms with E-state index in [1.807, 2.05) is 0 Å². The molecule has 0 saturated heterocycles. The Morgan fingerprint density at radius 3 is 2.50 bits per heavy atom. The van der Waals surface area contributed by atoms with Crippen LogP contribution in [0.1, 0.15) is 58.8 Å². The Morgan fingerprint density at radius 1 is 1.28 bits per heavy atom. The molecule has 0 aromatic heterocycles. The Kier molecular flexibility index (Phi) is 4.12. The first-order valence-corrected chi connectivity index (χ1v) is 7.20. The molecule has 0 aliphatic heterocycles. The summed E-state index contributed by atoms with van der Waals surface area (Å²) < 4.78 is 11.4. The molecule has 0 N–H and O–H groups in total. The zero-order valence-electron chi connectivity index (χ0n) is 12.0. The molecule has 0 aromatic rings. The van der Waals surface area contributed by atoms with Crippen molar-refractivity contribution in [1.82, 2.24) is 0 Å². The number of hydrogen-bond donors (Lipinski definition) is 0. The molecule has 2 aliphatic rings. The number of Topliss-reactive ketones (excluding diaryl/α,β-unsaturated/α-hetero) is 1. The summed E-state index contributed by atoms with van der Waals surface area (Å²) in [6.45, 7) is 4.83. The summed E-state index contributed by atoms with van der Waals surface area (Å²) in [5.41, 5.74) is -0.233. The van der Waals surface area contributed by atoms with Gasteiger partial charge in [-0.05, 0) is 33.1 Å². The second-order valence-corrected chi connectivity index (χ2v) is 6.42. The molecule has 0 heterocycles. The van der Waals surface area contributed by atoms with Crippen LogP contribution >= 0.6 is 0 Å². The van der Waals surface area contributed by atoms with Crippen LogP contribution in [-0.4, -0.2) is 31.2 Å². The van der Waals surface area contributed by atoms with E-state index < -0.39 is 0 Å². The van der Waals surface area contributed by atoms with Crippen molar-refractivity contribution >= 4 is 5.78 Å². The predicted molar refractivity (Wildman–Crippen MR) is 70.6 cm³/mol.